The molecule has 3 aromatic carbocycles. The first-order valence-electron chi connectivity index (χ1n) is 9.23. The zero-order chi connectivity index (χ0) is 21.2. The minimum atomic E-state index is -3.80. The molecule has 0 saturated heterocycles. The molecule has 0 saturated carbocycles. The van der Waals surface area contributed by atoms with Crippen molar-refractivity contribution >= 4 is 27.3 Å². The molecule has 0 aliphatic carbocycles. The molecule has 3 aromatic rings. The predicted molar refractivity (Wildman–Crippen MR) is 117 cm³/mol. The van der Waals surface area contributed by atoms with Crippen molar-refractivity contribution in [3.8, 4) is 0 Å². The molecule has 0 fully saturated rings. The first-order valence-corrected chi connectivity index (χ1v) is 10.7. The second kappa shape index (κ2) is 8.09. The molecule has 0 radical (unpaired) electrons. The van der Waals surface area contributed by atoms with Gasteiger partial charge in [-0.05, 0) is 73.9 Å². The second-order valence-corrected chi connectivity index (χ2v) is 9.01. The molecule has 150 valence electrons. The van der Waals surface area contributed by atoms with Gasteiger partial charge in [-0.3, -0.25) is 9.10 Å². The van der Waals surface area contributed by atoms with E-state index in [9.17, 15) is 13.2 Å². The number of carbonyl (C=O) groups is 1. The van der Waals surface area contributed by atoms with Crippen molar-refractivity contribution < 1.29 is 13.2 Å². The van der Waals surface area contributed by atoms with Crippen LogP contribution in [-0.2, 0) is 10.0 Å². The van der Waals surface area contributed by atoms with Crippen molar-refractivity contribution in [1.82, 2.24) is 0 Å². The molecule has 1 amide bonds. The first kappa shape index (κ1) is 20.6. The summed E-state index contributed by atoms with van der Waals surface area (Å²) in [7, 11) is -2.29. The van der Waals surface area contributed by atoms with Crippen LogP contribution in [0, 0.1) is 20.8 Å². The Bertz CT molecular complexity index is 1170. The third-order valence-corrected chi connectivity index (χ3v) is 6.75. The van der Waals surface area contributed by atoms with Crippen LogP contribution in [0.25, 0.3) is 0 Å². The lowest BCUT2D eigenvalue weighted by Gasteiger charge is -2.20. The third kappa shape index (κ3) is 4.32. The van der Waals surface area contributed by atoms with Gasteiger partial charge < -0.3 is 5.32 Å². The van der Waals surface area contributed by atoms with Crippen molar-refractivity contribution in [3.05, 3.63) is 89.0 Å². The zero-order valence-corrected chi connectivity index (χ0v) is 17.7. The van der Waals surface area contributed by atoms with Gasteiger partial charge in [0.2, 0.25) is 0 Å². The molecule has 0 atom stereocenters. The van der Waals surface area contributed by atoms with E-state index in [1.165, 1.54) is 23.5 Å². The van der Waals surface area contributed by atoms with Gasteiger partial charge in [0.15, 0.2) is 0 Å². The van der Waals surface area contributed by atoms with Crippen molar-refractivity contribution in [2.45, 2.75) is 25.7 Å². The molecule has 29 heavy (non-hydrogen) atoms. The van der Waals surface area contributed by atoms with Crippen LogP contribution >= 0.6 is 0 Å². The largest absolute Gasteiger partial charge is 0.322 e. The summed E-state index contributed by atoms with van der Waals surface area (Å²) < 4.78 is 27.4. The topological polar surface area (TPSA) is 66.5 Å². The predicted octanol–water partition coefficient (Wildman–Crippen LogP) is 4.69. The standard InChI is InChI=1S/C23H24N2O3S/c1-16-8-5-11-20(14-16)25(4)29(27,28)21-12-7-10-19(15-21)23(26)24-22-13-6-9-17(2)18(22)3/h5-15H,1-4H3,(H,24,26). The van der Waals surface area contributed by atoms with Crippen LogP contribution in [0.4, 0.5) is 11.4 Å². The Hall–Kier alpha value is -3.12. The molecule has 5 nitrogen and oxygen atoms in total. The molecular formula is C23H24N2O3S. The lowest BCUT2D eigenvalue weighted by Crippen LogP contribution is -2.27. The van der Waals surface area contributed by atoms with E-state index >= 15 is 0 Å². The van der Waals surface area contributed by atoms with E-state index in [0.29, 0.717) is 11.4 Å². The van der Waals surface area contributed by atoms with Crippen LogP contribution in [0.15, 0.2) is 71.6 Å². The highest BCUT2D eigenvalue weighted by molar-refractivity contribution is 7.92. The van der Waals surface area contributed by atoms with Crippen molar-refractivity contribution in [2.75, 3.05) is 16.7 Å². The van der Waals surface area contributed by atoms with E-state index in [1.54, 1.807) is 24.3 Å². The fraction of sp³-hybridized carbons (Fsp3) is 0.174. The summed E-state index contributed by atoms with van der Waals surface area (Å²) in [5.41, 5.74) is 4.56. The molecule has 3 rings (SSSR count). The maximum Gasteiger partial charge on any atom is 0.264 e. The number of amides is 1. The van der Waals surface area contributed by atoms with Gasteiger partial charge in [-0.15, -0.1) is 0 Å². The maximum absolute atomic E-state index is 13.1. The van der Waals surface area contributed by atoms with Crippen LogP contribution < -0.4 is 9.62 Å². The molecule has 6 heteroatoms. The van der Waals surface area contributed by atoms with E-state index < -0.39 is 10.0 Å². The van der Waals surface area contributed by atoms with E-state index in [4.69, 9.17) is 0 Å². The molecule has 0 bridgehead atoms. The summed E-state index contributed by atoms with van der Waals surface area (Å²) >= 11 is 0. The third-order valence-electron chi connectivity index (χ3n) is 4.97. The van der Waals surface area contributed by atoms with Crippen LogP contribution in [0.5, 0.6) is 0 Å². The summed E-state index contributed by atoms with van der Waals surface area (Å²) in [6, 6.07) is 19.0. The number of carbonyl (C=O) groups excluding carboxylic acids is 1. The average Bonchev–Trinajstić information content (AvgIpc) is 2.71. The van der Waals surface area contributed by atoms with Crippen LogP contribution in [0.3, 0.4) is 0 Å². The van der Waals surface area contributed by atoms with Gasteiger partial charge in [0.05, 0.1) is 10.6 Å². The Balaban J connectivity index is 1.90. The smallest absolute Gasteiger partial charge is 0.264 e. The first-order chi connectivity index (χ1) is 13.7. The van der Waals surface area contributed by atoms with Gasteiger partial charge in [0.1, 0.15) is 0 Å². The van der Waals surface area contributed by atoms with E-state index in [2.05, 4.69) is 5.32 Å². The number of hydrogen-bond donors (Lipinski definition) is 1. The number of aryl methyl sites for hydroxylation is 2. The number of sulfonamides is 1. The summed E-state index contributed by atoms with van der Waals surface area (Å²) in [6.45, 7) is 5.81. The summed E-state index contributed by atoms with van der Waals surface area (Å²) in [5.74, 6) is -0.353. The number of hydrogen-bond acceptors (Lipinski definition) is 3. The number of nitrogens with zero attached hydrogens (tertiary/aromatic N) is 1. The lowest BCUT2D eigenvalue weighted by atomic mass is 10.1. The fourth-order valence-corrected chi connectivity index (χ4v) is 4.23. The summed E-state index contributed by atoms with van der Waals surface area (Å²) in [6.07, 6.45) is 0. The van der Waals surface area contributed by atoms with Gasteiger partial charge in [-0.1, -0.05) is 30.3 Å². The Kier molecular flexibility index (Phi) is 5.75. The van der Waals surface area contributed by atoms with Gasteiger partial charge in [-0.25, -0.2) is 8.42 Å². The number of benzene rings is 3. The highest BCUT2D eigenvalue weighted by Crippen LogP contribution is 2.24. The van der Waals surface area contributed by atoms with Crippen molar-refractivity contribution in [3.63, 3.8) is 0 Å². The van der Waals surface area contributed by atoms with E-state index in [-0.39, 0.29) is 16.4 Å². The monoisotopic (exact) mass is 408 g/mol. The molecular weight excluding hydrogens is 384 g/mol. The minimum absolute atomic E-state index is 0.0649. The summed E-state index contributed by atoms with van der Waals surface area (Å²) in [4.78, 5) is 12.8. The van der Waals surface area contributed by atoms with Gasteiger partial charge in [0.25, 0.3) is 15.9 Å². The number of nitrogens with one attached hydrogen (secondary N) is 1. The van der Waals surface area contributed by atoms with Gasteiger partial charge in [0, 0.05) is 18.3 Å². The Labute approximate surface area is 172 Å². The highest BCUT2D eigenvalue weighted by Gasteiger charge is 2.22. The fourth-order valence-electron chi connectivity index (χ4n) is 3.00. The highest BCUT2D eigenvalue weighted by atomic mass is 32.2. The molecule has 0 aliphatic rings. The molecule has 0 aliphatic heterocycles. The zero-order valence-electron chi connectivity index (χ0n) is 16.9. The molecule has 0 spiro atoms. The normalized spacial score (nSPS) is 11.2. The molecule has 0 heterocycles. The van der Waals surface area contributed by atoms with Crippen LogP contribution in [-0.4, -0.2) is 21.4 Å². The van der Waals surface area contributed by atoms with Crippen molar-refractivity contribution in [1.29, 1.82) is 0 Å². The number of anilines is 2. The second-order valence-electron chi connectivity index (χ2n) is 7.04. The van der Waals surface area contributed by atoms with Gasteiger partial charge >= 0.3 is 0 Å². The lowest BCUT2D eigenvalue weighted by molar-refractivity contribution is 0.102. The molecule has 1 N–H and O–H groups in total. The number of rotatable bonds is 5. The maximum atomic E-state index is 13.1. The Morgan fingerprint density at radius 2 is 1.59 bits per heavy atom. The van der Waals surface area contributed by atoms with E-state index in [1.807, 2.05) is 51.1 Å². The SMILES string of the molecule is Cc1cccc(N(C)S(=O)(=O)c2cccc(C(=O)Nc3cccc(C)c3C)c2)c1. The Morgan fingerprint density at radius 3 is 2.31 bits per heavy atom. The average molecular weight is 409 g/mol. The Morgan fingerprint density at radius 1 is 0.897 bits per heavy atom. The molecule has 0 aromatic heterocycles. The van der Waals surface area contributed by atoms with Crippen molar-refractivity contribution in [2.24, 2.45) is 0 Å². The minimum Gasteiger partial charge on any atom is -0.322 e. The quantitative estimate of drug-likeness (QED) is 0.666. The molecule has 0 unspecified atom stereocenters. The van der Waals surface area contributed by atoms with Gasteiger partial charge in [-0.2, -0.15) is 0 Å². The van der Waals surface area contributed by atoms with Crippen LogP contribution in [0.2, 0.25) is 0 Å². The summed E-state index contributed by atoms with van der Waals surface area (Å²) in [5, 5.41) is 2.87. The van der Waals surface area contributed by atoms with E-state index in [0.717, 1.165) is 16.7 Å². The van der Waals surface area contributed by atoms with Crippen LogP contribution in [0.1, 0.15) is 27.0 Å².